The fourth-order valence-corrected chi connectivity index (χ4v) is 4.86. The molecule has 1 aromatic rings. The second kappa shape index (κ2) is 7.62. The number of carbonyl (C=O) groups is 4. The Morgan fingerprint density at radius 2 is 1.87 bits per heavy atom. The number of urea groups is 1. The summed E-state index contributed by atoms with van der Waals surface area (Å²) in [4.78, 5) is 52.1. The van der Waals surface area contributed by atoms with Crippen molar-refractivity contribution in [1.29, 1.82) is 0 Å². The van der Waals surface area contributed by atoms with E-state index < -0.39 is 29.4 Å². The van der Waals surface area contributed by atoms with Gasteiger partial charge in [0.2, 0.25) is 0 Å². The number of imide groups is 1. The number of hydrogen-bond acceptors (Lipinski definition) is 4. The Hall–Kier alpha value is -2.96. The number of allylic oxidation sites excluding steroid dienone is 2. The van der Waals surface area contributed by atoms with Crippen LogP contribution in [0.5, 0.6) is 0 Å². The lowest BCUT2D eigenvalue weighted by atomic mass is 9.91. The number of carboxylic acid groups (broad SMARTS) is 1. The van der Waals surface area contributed by atoms with Gasteiger partial charge in [0.1, 0.15) is 5.54 Å². The molecule has 0 unspecified atom stereocenters. The Morgan fingerprint density at radius 1 is 1.16 bits per heavy atom. The summed E-state index contributed by atoms with van der Waals surface area (Å²) in [6, 6.07) is 5.10. The van der Waals surface area contributed by atoms with Crippen molar-refractivity contribution in [3.63, 3.8) is 0 Å². The van der Waals surface area contributed by atoms with E-state index in [1.807, 2.05) is 12.1 Å². The number of hydrogen-bond donors (Lipinski definition) is 1. The number of nitrogens with zero attached hydrogens (tertiary/aromatic N) is 2. The molecule has 0 radical (unpaired) electrons. The smallest absolute Gasteiger partial charge is 0.327 e. The molecule has 4 rings (SSSR count). The number of carboxylic acids is 1. The molecule has 164 valence electrons. The van der Waals surface area contributed by atoms with Crippen molar-refractivity contribution in [2.75, 3.05) is 13.6 Å². The second-order valence-corrected chi connectivity index (χ2v) is 9.32. The third-order valence-corrected chi connectivity index (χ3v) is 7.05. The number of rotatable bonds is 6. The molecule has 7 nitrogen and oxygen atoms in total. The molecule has 7 heteroatoms. The highest BCUT2D eigenvalue weighted by atomic mass is 16.4. The van der Waals surface area contributed by atoms with E-state index in [0.29, 0.717) is 5.56 Å². The monoisotopic (exact) mass is 424 g/mol. The van der Waals surface area contributed by atoms with E-state index in [-0.39, 0.29) is 18.7 Å². The fourth-order valence-electron chi connectivity index (χ4n) is 4.86. The maximum Gasteiger partial charge on any atom is 0.327 e. The van der Waals surface area contributed by atoms with Gasteiger partial charge < -0.3 is 10.0 Å². The lowest BCUT2D eigenvalue weighted by Gasteiger charge is -2.22. The highest BCUT2D eigenvalue weighted by molar-refractivity contribution is 6.07. The maximum absolute atomic E-state index is 12.9. The molecular weight excluding hydrogens is 396 g/mol. The summed E-state index contributed by atoms with van der Waals surface area (Å²) in [5.41, 5.74) is 4.70. The molecule has 1 aromatic carbocycles. The van der Waals surface area contributed by atoms with Gasteiger partial charge in [0.05, 0.1) is 5.92 Å². The summed E-state index contributed by atoms with van der Waals surface area (Å²) in [6.45, 7) is 2.92. The van der Waals surface area contributed by atoms with Crippen LogP contribution in [0.2, 0.25) is 0 Å². The van der Waals surface area contributed by atoms with Crippen LogP contribution in [-0.2, 0) is 16.0 Å². The molecule has 0 bridgehead atoms. The Balaban J connectivity index is 1.49. The van der Waals surface area contributed by atoms with Gasteiger partial charge in [-0.15, -0.1) is 0 Å². The third-order valence-electron chi connectivity index (χ3n) is 7.05. The first-order chi connectivity index (χ1) is 14.6. The van der Waals surface area contributed by atoms with E-state index in [1.54, 1.807) is 19.9 Å². The minimum atomic E-state index is -1.19. The molecule has 1 saturated heterocycles. The van der Waals surface area contributed by atoms with Crippen molar-refractivity contribution in [1.82, 2.24) is 9.80 Å². The molecule has 0 saturated carbocycles. The zero-order chi connectivity index (χ0) is 22.5. The number of aliphatic carboxylic acids is 1. The molecule has 1 N–H and O–H groups in total. The molecule has 3 amide bonds. The number of carbonyl (C=O) groups excluding carboxylic acids is 3. The summed E-state index contributed by atoms with van der Waals surface area (Å²) < 4.78 is 0. The molecule has 1 fully saturated rings. The lowest BCUT2D eigenvalue weighted by Crippen LogP contribution is -2.42. The minimum Gasteiger partial charge on any atom is -0.481 e. The first-order valence-electron chi connectivity index (χ1n) is 10.8. The summed E-state index contributed by atoms with van der Waals surface area (Å²) >= 11 is 0. The normalized spacial score (nSPS) is 20.7. The van der Waals surface area contributed by atoms with E-state index in [0.717, 1.165) is 29.7 Å². The maximum atomic E-state index is 12.9. The van der Waals surface area contributed by atoms with Gasteiger partial charge in [0.15, 0.2) is 5.78 Å². The molecular formula is C24H28N2O5. The number of fused-ring (bicyclic) bond motifs is 2. The number of Topliss-reactive ketones (excluding diaryl/α,β-unsaturated/α-hetero) is 1. The summed E-state index contributed by atoms with van der Waals surface area (Å²) in [5.74, 6) is -3.08. The average molecular weight is 424 g/mol. The van der Waals surface area contributed by atoms with Gasteiger partial charge in [-0.1, -0.05) is 17.7 Å². The average Bonchev–Trinajstić information content (AvgIpc) is 3.17. The predicted molar refractivity (Wildman–Crippen MR) is 115 cm³/mol. The molecule has 1 aliphatic heterocycles. The van der Waals surface area contributed by atoms with Crippen molar-refractivity contribution in [3.8, 4) is 0 Å². The van der Waals surface area contributed by atoms with Crippen LogP contribution in [0.15, 0.2) is 23.8 Å². The van der Waals surface area contributed by atoms with Crippen LogP contribution < -0.4 is 0 Å². The number of ketones is 1. The fraction of sp³-hybridized carbons (Fsp3) is 0.500. The van der Waals surface area contributed by atoms with Gasteiger partial charge in [0, 0.05) is 25.6 Å². The molecule has 31 heavy (non-hydrogen) atoms. The van der Waals surface area contributed by atoms with Gasteiger partial charge in [-0.25, -0.2) is 4.79 Å². The van der Waals surface area contributed by atoms with Crippen molar-refractivity contribution in [2.24, 2.45) is 5.92 Å². The largest absolute Gasteiger partial charge is 0.481 e. The first kappa shape index (κ1) is 21.3. The topological polar surface area (TPSA) is 95.0 Å². The van der Waals surface area contributed by atoms with Crippen molar-refractivity contribution >= 4 is 29.3 Å². The van der Waals surface area contributed by atoms with Crippen LogP contribution >= 0.6 is 0 Å². The molecule has 0 aromatic heterocycles. The van der Waals surface area contributed by atoms with E-state index in [4.69, 9.17) is 0 Å². The quantitative estimate of drug-likeness (QED) is 0.557. The summed E-state index contributed by atoms with van der Waals surface area (Å²) in [5, 5.41) is 9.67. The van der Waals surface area contributed by atoms with Crippen LogP contribution in [-0.4, -0.2) is 57.7 Å². The molecule has 3 aliphatic rings. The highest BCUT2D eigenvalue weighted by Crippen LogP contribution is 2.41. The van der Waals surface area contributed by atoms with E-state index in [9.17, 15) is 24.3 Å². The number of benzene rings is 1. The van der Waals surface area contributed by atoms with Crippen LogP contribution in [0.25, 0.3) is 5.57 Å². The highest BCUT2D eigenvalue weighted by Gasteiger charge is 2.50. The van der Waals surface area contributed by atoms with Crippen molar-refractivity contribution < 1.29 is 24.3 Å². The van der Waals surface area contributed by atoms with Gasteiger partial charge in [-0.3, -0.25) is 19.3 Å². The predicted octanol–water partition coefficient (Wildman–Crippen LogP) is 3.52. The first-order valence-corrected chi connectivity index (χ1v) is 10.8. The van der Waals surface area contributed by atoms with E-state index in [2.05, 4.69) is 0 Å². The summed E-state index contributed by atoms with van der Waals surface area (Å²) in [6.07, 6.45) is 5.20. The Kier molecular flexibility index (Phi) is 5.23. The van der Waals surface area contributed by atoms with Crippen molar-refractivity contribution in [2.45, 2.75) is 57.9 Å². The molecule has 2 aliphatic carbocycles. The second-order valence-electron chi connectivity index (χ2n) is 9.32. The lowest BCUT2D eigenvalue weighted by molar-refractivity contribution is -0.143. The Bertz CT molecular complexity index is 1020. The van der Waals surface area contributed by atoms with Crippen LogP contribution in [0.4, 0.5) is 4.79 Å². The number of amides is 3. The molecule has 1 heterocycles. The Morgan fingerprint density at radius 3 is 2.52 bits per heavy atom. The van der Waals surface area contributed by atoms with Gasteiger partial charge in [-0.2, -0.15) is 0 Å². The van der Waals surface area contributed by atoms with Crippen LogP contribution in [0, 0.1) is 5.92 Å². The van der Waals surface area contributed by atoms with Crippen LogP contribution in [0.1, 0.15) is 67.4 Å². The minimum absolute atomic E-state index is 0.261. The molecule has 0 spiro atoms. The van der Waals surface area contributed by atoms with Crippen LogP contribution in [0.3, 0.4) is 0 Å². The standard InChI is InChI=1S/C24H28N2O5/c1-24(2)22(30)26(23(31)25(24)3)13-17(21(28)29)12-20(27)15-8-9-19-16(11-15)10-14-6-4-5-7-18(14)19/h8-9,11,17H,4-7,10,12-13H2,1-3H3,(H,28,29)/t17-/m1/s1. The zero-order valence-electron chi connectivity index (χ0n) is 18.2. The van der Waals surface area contributed by atoms with E-state index >= 15 is 0 Å². The van der Waals surface area contributed by atoms with Gasteiger partial charge >= 0.3 is 12.0 Å². The Labute approximate surface area is 181 Å². The number of likely N-dealkylation sites (N-methyl/N-ethyl adjacent to an activating group) is 1. The SMILES string of the molecule is CN1C(=O)N(C[C@@H](CC(=O)c2ccc3c(c2)CC2=C3CCCC2)C(=O)O)C(=O)C1(C)C. The van der Waals surface area contributed by atoms with Crippen molar-refractivity contribution in [3.05, 3.63) is 40.5 Å². The van der Waals surface area contributed by atoms with E-state index in [1.165, 1.54) is 41.5 Å². The van der Waals surface area contributed by atoms with Gasteiger partial charge in [0.25, 0.3) is 5.91 Å². The summed E-state index contributed by atoms with van der Waals surface area (Å²) in [7, 11) is 1.51. The van der Waals surface area contributed by atoms with Gasteiger partial charge in [-0.05, 0) is 68.7 Å². The third kappa shape index (κ3) is 3.56. The molecule has 1 atom stereocenters. The zero-order valence-corrected chi connectivity index (χ0v) is 18.2.